The summed E-state index contributed by atoms with van der Waals surface area (Å²) >= 11 is 0. The van der Waals surface area contributed by atoms with Gasteiger partial charge >= 0.3 is 5.97 Å². The van der Waals surface area contributed by atoms with Crippen molar-refractivity contribution < 1.29 is 14.7 Å². The summed E-state index contributed by atoms with van der Waals surface area (Å²) in [4.78, 5) is 25.0. The van der Waals surface area contributed by atoms with Gasteiger partial charge in [-0.1, -0.05) is 24.3 Å². The Labute approximate surface area is 112 Å². The van der Waals surface area contributed by atoms with Crippen LogP contribution in [0.4, 0.5) is 0 Å². The second-order valence-electron chi connectivity index (χ2n) is 5.36. The van der Waals surface area contributed by atoms with Crippen molar-refractivity contribution in [2.45, 2.75) is 37.6 Å². The smallest absolute Gasteiger partial charge is 0.305 e. The van der Waals surface area contributed by atoms with Gasteiger partial charge < -0.3 is 10.0 Å². The van der Waals surface area contributed by atoms with Crippen molar-refractivity contribution in [2.24, 2.45) is 0 Å². The zero-order valence-corrected chi connectivity index (χ0v) is 10.7. The fourth-order valence-corrected chi connectivity index (χ4v) is 2.75. The maximum atomic E-state index is 12.5. The molecule has 2 aliphatic carbocycles. The van der Waals surface area contributed by atoms with Crippen LogP contribution in [-0.4, -0.2) is 34.5 Å². The lowest BCUT2D eigenvalue weighted by atomic mass is 9.77. The number of nitrogens with zero attached hydrogens (tertiary/aromatic N) is 1. The zero-order valence-electron chi connectivity index (χ0n) is 10.7. The second kappa shape index (κ2) is 4.68. The molecule has 0 radical (unpaired) electrons. The number of amides is 1. The van der Waals surface area contributed by atoms with E-state index in [0.29, 0.717) is 6.54 Å². The number of benzene rings is 1. The molecule has 3 rings (SSSR count). The molecule has 1 aromatic carbocycles. The molecule has 1 N–H and O–H groups in total. The number of carboxylic acids is 1. The summed E-state index contributed by atoms with van der Waals surface area (Å²) in [5.74, 6) is -0.777. The number of carboxylic acid groups (broad SMARTS) is 1. The van der Waals surface area contributed by atoms with Crippen LogP contribution in [0.5, 0.6) is 0 Å². The van der Waals surface area contributed by atoms with Gasteiger partial charge in [0, 0.05) is 12.6 Å². The van der Waals surface area contributed by atoms with Crippen LogP contribution < -0.4 is 0 Å². The number of carbonyl (C=O) groups excluding carboxylic acids is 1. The lowest BCUT2D eigenvalue weighted by Crippen LogP contribution is -2.41. The van der Waals surface area contributed by atoms with Gasteiger partial charge in [-0.3, -0.25) is 9.59 Å². The molecule has 1 fully saturated rings. The average Bonchev–Trinajstić information content (AvgIpc) is 3.15. The number of fused-ring (bicyclic) bond motifs is 1. The Hall–Kier alpha value is -1.84. The summed E-state index contributed by atoms with van der Waals surface area (Å²) in [6.45, 7) is 0.345. The Balaban J connectivity index is 1.70. The molecule has 1 unspecified atom stereocenters. The van der Waals surface area contributed by atoms with E-state index in [2.05, 4.69) is 6.07 Å². The van der Waals surface area contributed by atoms with E-state index in [0.717, 1.165) is 24.8 Å². The topological polar surface area (TPSA) is 57.6 Å². The molecule has 1 amide bonds. The molecule has 1 aromatic rings. The first kappa shape index (κ1) is 12.2. The van der Waals surface area contributed by atoms with Gasteiger partial charge in [-0.25, -0.2) is 0 Å². The lowest BCUT2D eigenvalue weighted by molar-refractivity contribution is -0.139. The number of hydrogen-bond acceptors (Lipinski definition) is 2. The lowest BCUT2D eigenvalue weighted by Gasteiger charge is -2.34. The van der Waals surface area contributed by atoms with E-state index in [1.165, 1.54) is 5.56 Å². The van der Waals surface area contributed by atoms with E-state index >= 15 is 0 Å². The van der Waals surface area contributed by atoms with Gasteiger partial charge in [0.1, 0.15) is 0 Å². The van der Waals surface area contributed by atoms with Crippen molar-refractivity contribution >= 4 is 11.9 Å². The number of carbonyl (C=O) groups is 2. The van der Waals surface area contributed by atoms with Crippen LogP contribution in [-0.2, 0) is 16.0 Å². The van der Waals surface area contributed by atoms with Crippen LogP contribution in [0.3, 0.4) is 0 Å². The Morgan fingerprint density at radius 3 is 2.63 bits per heavy atom. The third-order valence-electron chi connectivity index (χ3n) is 3.99. The van der Waals surface area contributed by atoms with Crippen LogP contribution >= 0.6 is 0 Å². The van der Waals surface area contributed by atoms with Crippen molar-refractivity contribution in [2.75, 3.05) is 6.54 Å². The molecule has 1 saturated carbocycles. The molecule has 4 heteroatoms. The average molecular weight is 259 g/mol. The van der Waals surface area contributed by atoms with Crippen LogP contribution in [0.25, 0.3) is 0 Å². The first-order valence-corrected chi connectivity index (χ1v) is 6.77. The highest BCUT2D eigenvalue weighted by molar-refractivity contribution is 5.87. The third kappa shape index (κ3) is 2.35. The standard InChI is InChI=1S/C15H17NO3/c17-14(18)7-8-16(11-5-6-11)15(19)13-9-10-3-1-2-4-12(10)13/h1-4,11,13H,5-9H2,(H,17,18). The van der Waals surface area contributed by atoms with Crippen molar-refractivity contribution in [1.29, 1.82) is 0 Å². The van der Waals surface area contributed by atoms with E-state index in [-0.39, 0.29) is 24.3 Å². The summed E-state index contributed by atoms with van der Waals surface area (Å²) < 4.78 is 0. The Morgan fingerprint density at radius 2 is 2.00 bits per heavy atom. The summed E-state index contributed by atoms with van der Waals surface area (Å²) in [5, 5.41) is 8.78. The Morgan fingerprint density at radius 1 is 1.26 bits per heavy atom. The van der Waals surface area contributed by atoms with Gasteiger partial charge in [0.05, 0.1) is 12.3 Å². The number of aliphatic carboxylic acids is 1. The summed E-state index contributed by atoms with van der Waals surface area (Å²) in [5.41, 5.74) is 2.36. The van der Waals surface area contributed by atoms with Gasteiger partial charge in [-0.15, -0.1) is 0 Å². The molecular formula is C15H17NO3. The van der Waals surface area contributed by atoms with Crippen molar-refractivity contribution in [1.82, 2.24) is 4.90 Å². The van der Waals surface area contributed by atoms with Gasteiger partial charge in [-0.2, -0.15) is 0 Å². The van der Waals surface area contributed by atoms with Gasteiger partial charge in [0.2, 0.25) is 5.91 Å². The largest absolute Gasteiger partial charge is 0.481 e. The number of rotatable bonds is 5. The minimum absolute atomic E-state index is 0.0383. The van der Waals surface area contributed by atoms with E-state index in [1.807, 2.05) is 18.2 Å². The fraction of sp³-hybridized carbons (Fsp3) is 0.467. The molecule has 0 aromatic heterocycles. The molecule has 0 spiro atoms. The minimum Gasteiger partial charge on any atom is -0.481 e. The molecule has 19 heavy (non-hydrogen) atoms. The van der Waals surface area contributed by atoms with E-state index in [4.69, 9.17) is 5.11 Å². The highest BCUT2D eigenvalue weighted by Crippen LogP contribution is 2.38. The molecule has 0 bridgehead atoms. The molecular weight excluding hydrogens is 242 g/mol. The number of hydrogen-bond donors (Lipinski definition) is 1. The van der Waals surface area contributed by atoms with Crippen LogP contribution in [0.2, 0.25) is 0 Å². The van der Waals surface area contributed by atoms with Crippen LogP contribution in [0.15, 0.2) is 24.3 Å². The highest BCUT2D eigenvalue weighted by Gasteiger charge is 2.40. The van der Waals surface area contributed by atoms with Gasteiger partial charge in [0.25, 0.3) is 0 Å². The third-order valence-corrected chi connectivity index (χ3v) is 3.99. The molecule has 2 aliphatic rings. The second-order valence-corrected chi connectivity index (χ2v) is 5.36. The van der Waals surface area contributed by atoms with E-state index < -0.39 is 5.97 Å². The van der Waals surface area contributed by atoms with E-state index in [1.54, 1.807) is 4.90 Å². The van der Waals surface area contributed by atoms with Crippen molar-refractivity contribution in [3.63, 3.8) is 0 Å². The molecule has 100 valence electrons. The summed E-state index contributed by atoms with van der Waals surface area (Å²) in [6.07, 6.45) is 2.86. The normalized spacial score (nSPS) is 20.3. The van der Waals surface area contributed by atoms with Crippen LogP contribution in [0.1, 0.15) is 36.3 Å². The minimum atomic E-state index is -0.840. The molecule has 4 nitrogen and oxygen atoms in total. The maximum Gasteiger partial charge on any atom is 0.305 e. The van der Waals surface area contributed by atoms with Gasteiger partial charge in [0.15, 0.2) is 0 Å². The summed E-state index contributed by atoms with van der Waals surface area (Å²) in [6, 6.07) is 8.28. The fourth-order valence-electron chi connectivity index (χ4n) is 2.75. The molecule has 1 atom stereocenters. The predicted molar refractivity (Wildman–Crippen MR) is 69.9 cm³/mol. The SMILES string of the molecule is O=C(O)CCN(C(=O)C1Cc2ccccc21)C1CC1. The quantitative estimate of drug-likeness (QED) is 0.877. The molecule has 0 saturated heterocycles. The van der Waals surface area contributed by atoms with Crippen molar-refractivity contribution in [3.05, 3.63) is 35.4 Å². The molecule has 0 heterocycles. The monoisotopic (exact) mass is 259 g/mol. The maximum absolute atomic E-state index is 12.5. The highest BCUT2D eigenvalue weighted by atomic mass is 16.4. The van der Waals surface area contributed by atoms with Crippen LogP contribution in [0, 0.1) is 0 Å². The first-order chi connectivity index (χ1) is 9.16. The van der Waals surface area contributed by atoms with Gasteiger partial charge in [-0.05, 0) is 30.4 Å². The zero-order chi connectivity index (χ0) is 13.4. The summed E-state index contributed by atoms with van der Waals surface area (Å²) in [7, 11) is 0. The van der Waals surface area contributed by atoms with Crippen molar-refractivity contribution in [3.8, 4) is 0 Å². The molecule has 0 aliphatic heterocycles. The van der Waals surface area contributed by atoms with E-state index in [9.17, 15) is 9.59 Å². The Kier molecular flexibility index (Phi) is 3.01. The first-order valence-electron chi connectivity index (χ1n) is 6.77. The Bertz CT molecular complexity index is 522. The predicted octanol–water partition coefficient (Wildman–Crippen LogP) is 1.79.